The van der Waals surface area contributed by atoms with E-state index in [-0.39, 0.29) is 5.91 Å². The molecule has 98 valence electrons. The first-order valence-corrected chi connectivity index (χ1v) is 6.67. The molecule has 1 saturated heterocycles. The monoisotopic (exact) mass is 246 g/mol. The fraction of sp³-hybridized carbons (Fsp3) is 0.533. The van der Waals surface area contributed by atoms with E-state index in [4.69, 9.17) is 0 Å². The van der Waals surface area contributed by atoms with E-state index in [1.165, 1.54) is 12.0 Å². The Hall–Kier alpha value is -1.35. The fourth-order valence-electron chi connectivity index (χ4n) is 2.77. The van der Waals surface area contributed by atoms with Gasteiger partial charge in [0.1, 0.15) is 0 Å². The maximum absolute atomic E-state index is 12.2. The minimum Gasteiger partial charge on any atom is -0.350 e. The van der Waals surface area contributed by atoms with Gasteiger partial charge in [-0.25, -0.2) is 0 Å². The van der Waals surface area contributed by atoms with Gasteiger partial charge in [0.2, 0.25) is 0 Å². The molecular weight excluding hydrogens is 224 g/mol. The normalized spacial score (nSPS) is 18.9. The van der Waals surface area contributed by atoms with Crippen LogP contribution in [0.4, 0.5) is 0 Å². The minimum absolute atomic E-state index is 0.0544. The summed E-state index contributed by atoms with van der Waals surface area (Å²) in [7, 11) is 0. The summed E-state index contributed by atoms with van der Waals surface area (Å²) in [4.78, 5) is 12.2. The molecule has 0 radical (unpaired) electrons. The number of amides is 1. The molecule has 1 fully saturated rings. The van der Waals surface area contributed by atoms with Crippen molar-refractivity contribution in [1.82, 2.24) is 10.6 Å². The third-order valence-electron chi connectivity index (χ3n) is 3.58. The molecule has 1 atom stereocenters. The Morgan fingerprint density at radius 2 is 2.00 bits per heavy atom. The first-order chi connectivity index (χ1) is 8.58. The molecule has 3 nitrogen and oxygen atoms in total. The second-order valence-corrected chi connectivity index (χ2v) is 5.28. The maximum Gasteiger partial charge on any atom is 0.251 e. The summed E-state index contributed by atoms with van der Waals surface area (Å²) < 4.78 is 0. The highest BCUT2D eigenvalue weighted by atomic mass is 16.1. The van der Waals surface area contributed by atoms with Crippen molar-refractivity contribution in [2.45, 2.75) is 39.7 Å². The van der Waals surface area contributed by atoms with Gasteiger partial charge in [-0.1, -0.05) is 17.7 Å². The van der Waals surface area contributed by atoms with E-state index >= 15 is 0 Å². The highest BCUT2D eigenvalue weighted by molar-refractivity contribution is 5.97. The van der Waals surface area contributed by atoms with Crippen molar-refractivity contribution in [2.75, 3.05) is 13.1 Å². The molecule has 0 aromatic heterocycles. The van der Waals surface area contributed by atoms with E-state index in [2.05, 4.69) is 29.7 Å². The van der Waals surface area contributed by atoms with E-state index < -0.39 is 0 Å². The van der Waals surface area contributed by atoms with Crippen LogP contribution in [-0.2, 0) is 0 Å². The van der Waals surface area contributed by atoms with Crippen LogP contribution in [-0.4, -0.2) is 25.0 Å². The molecule has 0 bridgehead atoms. The Kier molecular flexibility index (Phi) is 4.02. The number of nitrogens with one attached hydrogen (secondary N) is 2. The third kappa shape index (κ3) is 2.91. The molecule has 2 rings (SSSR count). The number of carbonyl (C=O) groups is 1. The van der Waals surface area contributed by atoms with Crippen molar-refractivity contribution in [3.05, 3.63) is 34.4 Å². The van der Waals surface area contributed by atoms with Crippen molar-refractivity contribution in [1.29, 1.82) is 0 Å². The van der Waals surface area contributed by atoms with Crippen LogP contribution >= 0.6 is 0 Å². The van der Waals surface area contributed by atoms with Crippen molar-refractivity contribution in [3.8, 4) is 0 Å². The van der Waals surface area contributed by atoms with Crippen LogP contribution in [0.3, 0.4) is 0 Å². The predicted molar refractivity (Wildman–Crippen MR) is 74.0 cm³/mol. The van der Waals surface area contributed by atoms with Gasteiger partial charge in [0.25, 0.3) is 5.91 Å². The summed E-state index contributed by atoms with van der Waals surface area (Å²) in [5, 5.41) is 6.43. The van der Waals surface area contributed by atoms with Crippen LogP contribution in [0.2, 0.25) is 0 Å². The molecule has 1 aliphatic heterocycles. The molecule has 18 heavy (non-hydrogen) atoms. The number of aryl methyl sites for hydroxylation is 3. The molecule has 1 aromatic carbocycles. The van der Waals surface area contributed by atoms with Crippen molar-refractivity contribution in [3.63, 3.8) is 0 Å². The van der Waals surface area contributed by atoms with Gasteiger partial charge in [0.05, 0.1) is 0 Å². The summed E-state index contributed by atoms with van der Waals surface area (Å²) in [5.74, 6) is 0.0544. The fourth-order valence-corrected chi connectivity index (χ4v) is 2.77. The molecule has 1 unspecified atom stereocenters. The molecule has 1 aliphatic rings. The maximum atomic E-state index is 12.2. The molecule has 1 amide bonds. The highest BCUT2D eigenvalue weighted by Gasteiger charge is 2.17. The third-order valence-corrected chi connectivity index (χ3v) is 3.58. The average Bonchev–Trinajstić information content (AvgIpc) is 2.77. The zero-order valence-corrected chi connectivity index (χ0v) is 11.5. The first-order valence-electron chi connectivity index (χ1n) is 6.67. The summed E-state index contributed by atoms with van der Waals surface area (Å²) in [6, 6.07) is 4.57. The summed E-state index contributed by atoms with van der Waals surface area (Å²) in [6.45, 7) is 7.87. The Bertz CT molecular complexity index is 425. The van der Waals surface area contributed by atoms with Gasteiger partial charge < -0.3 is 10.6 Å². The topological polar surface area (TPSA) is 41.1 Å². The lowest BCUT2D eigenvalue weighted by molar-refractivity contribution is 0.0949. The van der Waals surface area contributed by atoms with Crippen LogP contribution in [0.25, 0.3) is 0 Å². The molecule has 0 spiro atoms. The highest BCUT2D eigenvalue weighted by Crippen LogP contribution is 2.16. The van der Waals surface area contributed by atoms with E-state index in [1.54, 1.807) is 0 Å². The second kappa shape index (κ2) is 5.53. The molecule has 0 aliphatic carbocycles. The van der Waals surface area contributed by atoms with Gasteiger partial charge in [-0.15, -0.1) is 0 Å². The Morgan fingerprint density at radius 3 is 2.56 bits per heavy atom. The van der Waals surface area contributed by atoms with Gasteiger partial charge in [0, 0.05) is 18.2 Å². The largest absolute Gasteiger partial charge is 0.350 e. The SMILES string of the molecule is Cc1cc(C)c(C(=O)NCC2CCCN2)c(C)c1. The molecule has 2 N–H and O–H groups in total. The standard InChI is InChI=1S/C15H22N2O/c1-10-7-11(2)14(12(3)8-10)15(18)17-9-13-5-4-6-16-13/h7-8,13,16H,4-6,9H2,1-3H3,(H,17,18). The number of hydrogen-bond donors (Lipinski definition) is 2. The number of rotatable bonds is 3. The quantitative estimate of drug-likeness (QED) is 0.857. The number of carbonyl (C=O) groups excluding carboxylic acids is 1. The molecule has 1 aromatic rings. The molecule has 1 heterocycles. The van der Waals surface area contributed by atoms with E-state index in [0.29, 0.717) is 6.04 Å². The Morgan fingerprint density at radius 1 is 1.33 bits per heavy atom. The van der Waals surface area contributed by atoms with Gasteiger partial charge in [0.15, 0.2) is 0 Å². The van der Waals surface area contributed by atoms with Crippen molar-refractivity contribution < 1.29 is 4.79 Å². The lowest BCUT2D eigenvalue weighted by Gasteiger charge is -2.14. The zero-order valence-electron chi connectivity index (χ0n) is 11.5. The van der Waals surface area contributed by atoms with Gasteiger partial charge in [-0.2, -0.15) is 0 Å². The van der Waals surface area contributed by atoms with Gasteiger partial charge in [-0.05, 0) is 51.3 Å². The van der Waals surface area contributed by atoms with Crippen LogP contribution < -0.4 is 10.6 Å². The zero-order chi connectivity index (χ0) is 13.1. The summed E-state index contributed by atoms with van der Waals surface area (Å²) in [5.41, 5.74) is 4.16. The van der Waals surface area contributed by atoms with Gasteiger partial charge >= 0.3 is 0 Å². The van der Waals surface area contributed by atoms with Crippen LogP contribution in [0.15, 0.2) is 12.1 Å². The molecule has 0 saturated carbocycles. The summed E-state index contributed by atoms with van der Waals surface area (Å²) >= 11 is 0. The van der Waals surface area contributed by atoms with Gasteiger partial charge in [-0.3, -0.25) is 4.79 Å². The number of hydrogen-bond acceptors (Lipinski definition) is 2. The minimum atomic E-state index is 0.0544. The van der Waals surface area contributed by atoms with E-state index in [1.807, 2.05) is 13.8 Å². The van der Waals surface area contributed by atoms with E-state index in [0.717, 1.165) is 36.2 Å². The van der Waals surface area contributed by atoms with E-state index in [9.17, 15) is 4.79 Å². The lowest BCUT2D eigenvalue weighted by Crippen LogP contribution is -2.37. The Balaban J connectivity index is 2.04. The van der Waals surface area contributed by atoms with Crippen LogP contribution in [0.5, 0.6) is 0 Å². The lowest BCUT2D eigenvalue weighted by atomic mass is 9.99. The second-order valence-electron chi connectivity index (χ2n) is 5.28. The average molecular weight is 246 g/mol. The van der Waals surface area contributed by atoms with Crippen molar-refractivity contribution in [2.24, 2.45) is 0 Å². The summed E-state index contributed by atoms with van der Waals surface area (Å²) in [6.07, 6.45) is 2.37. The smallest absolute Gasteiger partial charge is 0.251 e. The molecule has 3 heteroatoms. The Labute approximate surface area is 109 Å². The molecular formula is C15H22N2O. The predicted octanol–water partition coefficient (Wildman–Crippen LogP) is 2.09. The van der Waals surface area contributed by atoms with Crippen LogP contribution in [0.1, 0.15) is 39.9 Å². The first kappa shape index (κ1) is 13.1. The van der Waals surface area contributed by atoms with Crippen LogP contribution in [0, 0.1) is 20.8 Å². The van der Waals surface area contributed by atoms with Crippen molar-refractivity contribution >= 4 is 5.91 Å². The number of benzene rings is 1.